The molecule has 0 aliphatic rings. The number of aryl methyl sites for hydroxylation is 1. The number of hydrogen-bond acceptors (Lipinski definition) is 3. The second kappa shape index (κ2) is 6.84. The van der Waals surface area contributed by atoms with Crippen LogP contribution >= 0.6 is 11.6 Å². The van der Waals surface area contributed by atoms with E-state index in [1.165, 1.54) is 6.07 Å². The highest BCUT2D eigenvalue weighted by atomic mass is 35.5. The van der Waals surface area contributed by atoms with Gasteiger partial charge < -0.3 is 9.84 Å². The summed E-state index contributed by atoms with van der Waals surface area (Å²) in [7, 11) is 0. The van der Waals surface area contributed by atoms with Gasteiger partial charge in [0, 0.05) is 16.8 Å². The quantitative estimate of drug-likeness (QED) is 0.751. The van der Waals surface area contributed by atoms with Gasteiger partial charge in [0.25, 0.3) is 0 Å². The molecule has 0 aliphatic heterocycles. The van der Waals surface area contributed by atoms with E-state index >= 15 is 0 Å². The van der Waals surface area contributed by atoms with Crippen molar-refractivity contribution in [3.63, 3.8) is 0 Å². The molecular weight excluding hydrogens is 331 g/mol. The van der Waals surface area contributed by atoms with E-state index < -0.39 is 5.82 Å². The molecule has 3 aromatic rings. The van der Waals surface area contributed by atoms with Crippen LogP contribution in [0.1, 0.15) is 11.3 Å². The van der Waals surface area contributed by atoms with Crippen LogP contribution in [0, 0.1) is 12.7 Å². The number of nitrogens with one attached hydrogen (secondary N) is 1. The van der Waals surface area contributed by atoms with Crippen LogP contribution in [-0.2, 0) is 11.2 Å². The van der Waals surface area contributed by atoms with Crippen molar-refractivity contribution < 1.29 is 13.7 Å². The Morgan fingerprint density at radius 3 is 2.83 bits per heavy atom. The molecule has 1 N–H and O–H groups in total. The Kier molecular flexibility index (Phi) is 4.62. The summed E-state index contributed by atoms with van der Waals surface area (Å²) in [5.41, 5.74) is 2.28. The molecule has 0 bridgehead atoms. The van der Waals surface area contributed by atoms with Crippen molar-refractivity contribution in [1.82, 2.24) is 5.16 Å². The predicted octanol–water partition coefficient (Wildman–Crippen LogP) is 4.62. The molecule has 0 saturated heterocycles. The Hall–Kier alpha value is -2.66. The average molecular weight is 345 g/mol. The molecule has 0 unspecified atom stereocenters. The summed E-state index contributed by atoms with van der Waals surface area (Å²) >= 11 is 5.93. The third-order valence-corrected chi connectivity index (χ3v) is 3.75. The first-order valence-electron chi connectivity index (χ1n) is 7.29. The van der Waals surface area contributed by atoms with Gasteiger partial charge in [-0.25, -0.2) is 4.39 Å². The first-order chi connectivity index (χ1) is 11.5. The molecule has 0 spiro atoms. The maximum atomic E-state index is 13.7. The fraction of sp³-hybridized carbons (Fsp3) is 0.111. The van der Waals surface area contributed by atoms with Gasteiger partial charge in [-0.3, -0.25) is 4.79 Å². The second-order valence-electron chi connectivity index (χ2n) is 5.35. The fourth-order valence-corrected chi connectivity index (χ4v) is 2.44. The third-order valence-electron chi connectivity index (χ3n) is 3.51. The second-order valence-corrected chi connectivity index (χ2v) is 5.78. The number of rotatable bonds is 4. The van der Waals surface area contributed by atoms with Crippen molar-refractivity contribution in [3.8, 4) is 11.3 Å². The van der Waals surface area contributed by atoms with Gasteiger partial charge in [0.15, 0.2) is 5.76 Å². The summed E-state index contributed by atoms with van der Waals surface area (Å²) in [5, 5.41) is 7.15. The number of halogens is 2. The molecule has 1 heterocycles. The lowest BCUT2D eigenvalue weighted by Gasteiger charge is -2.07. The van der Waals surface area contributed by atoms with Gasteiger partial charge in [-0.1, -0.05) is 35.0 Å². The molecule has 0 saturated carbocycles. The molecule has 0 aliphatic carbocycles. The van der Waals surface area contributed by atoms with Crippen LogP contribution in [0.25, 0.3) is 11.3 Å². The van der Waals surface area contributed by atoms with Gasteiger partial charge in [0.05, 0.1) is 17.7 Å². The summed E-state index contributed by atoms with van der Waals surface area (Å²) in [5.74, 6) is -0.372. The Morgan fingerprint density at radius 1 is 1.25 bits per heavy atom. The van der Waals surface area contributed by atoms with E-state index in [1.54, 1.807) is 36.4 Å². The Balaban J connectivity index is 1.72. The van der Waals surface area contributed by atoms with Crippen molar-refractivity contribution in [1.29, 1.82) is 0 Å². The summed E-state index contributed by atoms with van der Waals surface area (Å²) in [6.45, 7) is 1.87. The number of nitrogens with zero attached hydrogens (tertiary/aromatic N) is 1. The first kappa shape index (κ1) is 16.2. The summed E-state index contributed by atoms with van der Waals surface area (Å²) in [6, 6.07) is 13.0. The van der Waals surface area contributed by atoms with Crippen LogP contribution in [0.3, 0.4) is 0 Å². The molecule has 0 atom stereocenters. The van der Waals surface area contributed by atoms with Gasteiger partial charge in [-0.2, -0.15) is 0 Å². The van der Waals surface area contributed by atoms with E-state index in [0.717, 1.165) is 5.56 Å². The molecule has 24 heavy (non-hydrogen) atoms. The number of benzene rings is 2. The lowest BCUT2D eigenvalue weighted by atomic mass is 10.1. The highest BCUT2D eigenvalue weighted by molar-refractivity contribution is 6.31. The van der Waals surface area contributed by atoms with Crippen LogP contribution in [0.5, 0.6) is 0 Å². The number of carbonyl (C=O) groups is 1. The Morgan fingerprint density at radius 2 is 2.04 bits per heavy atom. The molecule has 0 fully saturated rings. The molecule has 0 radical (unpaired) electrons. The minimum Gasteiger partial charge on any atom is -0.356 e. The lowest BCUT2D eigenvalue weighted by molar-refractivity contribution is -0.115. The summed E-state index contributed by atoms with van der Waals surface area (Å²) in [6.07, 6.45) is 0.0178. The summed E-state index contributed by atoms with van der Waals surface area (Å²) in [4.78, 5) is 12.1. The molecule has 122 valence electrons. The van der Waals surface area contributed by atoms with Gasteiger partial charge >= 0.3 is 0 Å². The number of anilines is 1. The monoisotopic (exact) mass is 344 g/mol. The number of aromatic nitrogens is 1. The predicted molar refractivity (Wildman–Crippen MR) is 90.4 cm³/mol. The van der Waals surface area contributed by atoms with Crippen LogP contribution in [0.4, 0.5) is 10.1 Å². The largest absolute Gasteiger partial charge is 0.356 e. The van der Waals surface area contributed by atoms with Crippen LogP contribution in [0.2, 0.25) is 5.02 Å². The molecule has 4 nitrogen and oxygen atoms in total. The van der Waals surface area contributed by atoms with Gasteiger partial charge in [-0.05, 0) is 36.8 Å². The van der Waals surface area contributed by atoms with E-state index in [9.17, 15) is 9.18 Å². The fourth-order valence-electron chi connectivity index (χ4n) is 2.27. The van der Waals surface area contributed by atoms with Crippen molar-refractivity contribution >= 4 is 23.2 Å². The van der Waals surface area contributed by atoms with E-state index in [0.29, 0.717) is 22.0 Å². The first-order valence-corrected chi connectivity index (χ1v) is 7.67. The molecule has 3 rings (SSSR count). The standard InChI is InChI=1S/C18H14ClFN2O2/c1-11-6-7-12(19)8-16(11)21-18(23)10-13-9-17(24-22-13)14-4-2-3-5-15(14)20/h2-9H,10H2,1H3,(H,21,23). The lowest BCUT2D eigenvalue weighted by Crippen LogP contribution is -2.15. The molecule has 1 amide bonds. The smallest absolute Gasteiger partial charge is 0.230 e. The van der Waals surface area contributed by atoms with Crippen LogP contribution in [0.15, 0.2) is 53.1 Å². The minimum absolute atomic E-state index is 0.0178. The van der Waals surface area contributed by atoms with Crippen LogP contribution < -0.4 is 5.32 Å². The van der Waals surface area contributed by atoms with E-state index in [4.69, 9.17) is 16.1 Å². The SMILES string of the molecule is Cc1ccc(Cl)cc1NC(=O)Cc1cc(-c2ccccc2F)on1. The van der Waals surface area contributed by atoms with Crippen molar-refractivity contribution in [3.05, 3.63) is 70.6 Å². The highest BCUT2D eigenvalue weighted by Gasteiger charge is 2.14. The number of amides is 1. The Bertz CT molecular complexity index is 892. The highest BCUT2D eigenvalue weighted by Crippen LogP contribution is 2.24. The number of hydrogen-bond donors (Lipinski definition) is 1. The van der Waals surface area contributed by atoms with Gasteiger partial charge in [0.1, 0.15) is 5.82 Å². The molecule has 6 heteroatoms. The third kappa shape index (κ3) is 3.63. The summed E-state index contributed by atoms with van der Waals surface area (Å²) < 4.78 is 18.9. The maximum Gasteiger partial charge on any atom is 0.230 e. The Labute approximate surface area is 143 Å². The van der Waals surface area contributed by atoms with Crippen molar-refractivity contribution in [2.24, 2.45) is 0 Å². The zero-order valence-corrected chi connectivity index (χ0v) is 13.6. The number of carbonyl (C=O) groups excluding carboxylic acids is 1. The zero-order valence-electron chi connectivity index (χ0n) is 12.8. The zero-order chi connectivity index (χ0) is 17.1. The van der Waals surface area contributed by atoms with E-state index in [2.05, 4.69) is 10.5 Å². The van der Waals surface area contributed by atoms with Crippen molar-refractivity contribution in [2.45, 2.75) is 13.3 Å². The van der Waals surface area contributed by atoms with E-state index in [-0.39, 0.29) is 18.1 Å². The molecule has 1 aromatic heterocycles. The van der Waals surface area contributed by atoms with Crippen LogP contribution in [-0.4, -0.2) is 11.1 Å². The maximum absolute atomic E-state index is 13.7. The minimum atomic E-state index is -0.404. The average Bonchev–Trinajstić information content (AvgIpc) is 2.99. The molecule has 2 aromatic carbocycles. The van der Waals surface area contributed by atoms with Crippen molar-refractivity contribution in [2.75, 3.05) is 5.32 Å². The van der Waals surface area contributed by atoms with E-state index in [1.807, 2.05) is 13.0 Å². The normalized spacial score (nSPS) is 10.6. The van der Waals surface area contributed by atoms with Gasteiger partial charge in [0.2, 0.25) is 5.91 Å². The van der Waals surface area contributed by atoms with Gasteiger partial charge in [-0.15, -0.1) is 0 Å². The molecular formula is C18H14ClFN2O2. The topological polar surface area (TPSA) is 55.1 Å².